The number of hydrogen-bond acceptors (Lipinski definition) is 0. The molecule has 0 aromatic heterocycles. The van der Waals surface area contributed by atoms with Crippen LogP contribution >= 0.6 is 0 Å². The average molecular weight is 1420 g/mol. The molecule has 522 valence electrons. The van der Waals surface area contributed by atoms with Gasteiger partial charge in [0, 0.05) is 0 Å². The first-order valence-electron chi connectivity index (χ1n) is 40.1. The summed E-state index contributed by atoms with van der Waals surface area (Å²) in [7, 11) is 0. The average Bonchev–Trinajstić information content (AvgIpc) is 1.08. The van der Waals surface area contributed by atoms with E-state index in [1.54, 1.807) is 0 Å². The van der Waals surface area contributed by atoms with E-state index < -0.39 is 0 Å². The fourth-order valence-corrected chi connectivity index (χ4v) is 21.3. The van der Waals surface area contributed by atoms with Gasteiger partial charge in [-0.3, -0.25) is 0 Å². The van der Waals surface area contributed by atoms with Crippen molar-refractivity contribution < 1.29 is 0 Å². The van der Waals surface area contributed by atoms with Crippen molar-refractivity contribution in [2.75, 3.05) is 0 Å². The van der Waals surface area contributed by atoms with Crippen LogP contribution in [0.5, 0.6) is 0 Å². The molecular formula is C112H74. The molecule has 0 amide bonds. The SMILES string of the molecule is Cc1c(-c2ccccc2)ccc2c1Cc1ccc3c(ccc4ccccc43)c1-2.c1ccc2c(c1)Cc1c-2ccc2c1Cc1cc3ccccc3c3cccc-2c13.c1ccc2c(c1)Cc1cc3c(cc1-2)Cc1cc2ccccc2c2cccc-3c12.c1ccc2c(c1)Cc1cc3c(cc1-2)Cc1ccc2c(ccc4ccccc42)c1-3. The number of hydrogen-bond donors (Lipinski definition) is 0. The summed E-state index contributed by atoms with van der Waals surface area (Å²) in [6, 6.07) is 129. The Bertz CT molecular complexity index is 7450. The Balaban J connectivity index is 0.0000000868. The second-order valence-corrected chi connectivity index (χ2v) is 32.2. The van der Waals surface area contributed by atoms with Gasteiger partial charge in [-0.15, -0.1) is 0 Å². The normalized spacial score (nSPS) is 13.2. The number of fused-ring (bicyclic) bond motifs is 32. The summed E-state index contributed by atoms with van der Waals surface area (Å²) in [5, 5.41) is 21.9. The minimum Gasteiger partial charge on any atom is -0.0622 e. The highest BCUT2D eigenvalue weighted by Crippen LogP contribution is 2.53. The molecule has 0 radical (unpaired) electrons. The van der Waals surface area contributed by atoms with Crippen LogP contribution in [-0.2, 0) is 44.9 Å². The van der Waals surface area contributed by atoms with Gasteiger partial charge in [0.15, 0.2) is 0 Å². The second-order valence-electron chi connectivity index (χ2n) is 32.2. The fraction of sp³-hybridized carbons (Fsp3) is 0.0714. The molecule has 0 saturated carbocycles. The van der Waals surface area contributed by atoms with Crippen molar-refractivity contribution >= 4 is 86.2 Å². The van der Waals surface area contributed by atoms with Crippen LogP contribution in [0.1, 0.15) is 83.5 Å². The molecule has 0 saturated heterocycles. The van der Waals surface area contributed by atoms with Crippen molar-refractivity contribution in [2.24, 2.45) is 0 Å². The van der Waals surface area contributed by atoms with Gasteiger partial charge in [0.25, 0.3) is 0 Å². The van der Waals surface area contributed by atoms with E-state index in [-0.39, 0.29) is 0 Å². The van der Waals surface area contributed by atoms with Crippen LogP contribution in [0, 0.1) is 6.92 Å². The van der Waals surface area contributed by atoms with Crippen LogP contribution in [0.25, 0.3) is 175 Å². The molecule has 7 aliphatic rings. The molecule has 7 aliphatic carbocycles. The summed E-state index contributed by atoms with van der Waals surface area (Å²) in [4.78, 5) is 0. The molecule has 0 N–H and O–H groups in total. The van der Waals surface area contributed by atoms with Gasteiger partial charge in [-0.2, -0.15) is 0 Å². The van der Waals surface area contributed by atoms with Crippen LogP contribution in [0.3, 0.4) is 0 Å². The Hall–Kier alpha value is -13.5. The zero-order chi connectivity index (χ0) is 73.4. The zero-order valence-electron chi connectivity index (χ0n) is 62.4. The van der Waals surface area contributed by atoms with Gasteiger partial charge in [-0.05, 0) is 335 Å². The van der Waals surface area contributed by atoms with E-state index >= 15 is 0 Å². The molecule has 27 rings (SSSR count). The van der Waals surface area contributed by atoms with Crippen LogP contribution in [0.4, 0.5) is 0 Å². The summed E-state index contributed by atoms with van der Waals surface area (Å²) in [6.07, 6.45) is 7.30. The van der Waals surface area contributed by atoms with Crippen molar-refractivity contribution in [2.45, 2.75) is 51.9 Å². The first-order chi connectivity index (χ1) is 55.4. The highest BCUT2D eigenvalue weighted by molar-refractivity contribution is 6.19. The number of benzene rings is 20. The minimum absolute atomic E-state index is 1.02. The third-order valence-corrected chi connectivity index (χ3v) is 26.4. The first kappa shape index (κ1) is 63.4. The van der Waals surface area contributed by atoms with Gasteiger partial charge in [-0.25, -0.2) is 0 Å². The highest BCUT2D eigenvalue weighted by Gasteiger charge is 2.32. The molecule has 20 aromatic rings. The molecule has 0 heteroatoms. The van der Waals surface area contributed by atoms with Gasteiger partial charge in [0.05, 0.1) is 0 Å². The van der Waals surface area contributed by atoms with E-state index in [0.29, 0.717) is 0 Å². The first-order valence-corrected chi connectivity index (χ1v) is 40.1. The van der Waals surface area contributed by atoms with Crippen molar-refractivity contribution in [3.8, 4) is 89.0 Å². The molecular weight excluding hydrogens is 1350 g/mol. The summed E-state index contributed by atoms with van der Waals surface area (Å²) >= 11 is 0. The Morgan fingerprint density at radius 3 is 1.08 bits per heavy atom. The maximum absolute atomic E-state index is 2.48. The Labute approximate surface area is 651 Å². The smallest absolute Gasteiger partial charge is 0.000993 e. The Morgan fingerprint density at radius 1 is 0.161 bits per heavy atom. The second kappa shape index (κ2) is 24.7. The quantitative estimate of drug-likeness (QED) is 0.144. The number of rotatable bonds is 1. The molecule has 0 spiro atoms. The predicted molar refractivity (Wildman–Crippen MR) is 474 cm³/mol. The van der Waals surface area contributed by atoms with Crippen LogP contribution < -0.4 is 0 Å². The Morgan fingerprint density at radius 2 is 0.509 bits per heavy atom. The predicted octanol–water partition coefficient (Wildman–Crippen LogP) is 28.9. The summed E-state index contributed by atoms with van der Waals surface area (Å²) in [5.41, 5.74) is 44.7. The molecule has 0 nitrogen and oxygen atoms in total. The van der Waals surface area contributed by atoms with Gasteiger partial charge in [0.1, 0.15) is 0 Å². The van der Waals surface area contributed by atoms with E-state index in [1.165, 1.54) is 259 Å². The van der Waals surface area contributed by atoms with E-state index in [0.717, 1.165) is 44.9 Å². The lowest BCUT2D eigenvalue weighted by Crippen LogP contribution is -2.05. The van der Waals surface area contributed by atoms with Crippen molar-refractivity contribution in [3.05, 3.63) is 429 Å². The van der Waals surface area contributed by atoms with Crippen LogP contribution in [0.2, 0.25) is 0 Å². The lowest BCUT2D eigenvalue weighted by atomic mass is 9.79. The lowest BCUT2D eigenvalue weighted by molar-refractivity contribution is 1.13. The third-order valence-electron chi connectivity index (χ3n) is 26.4. The van der Waals surface area contributed by atoms with Crippen molar-refractivity contribution in [1.29, 1.82) is 0 Å². The topological polar surface area (TPSA) is 0 Å². The zero-order valence-corrected chi connectivity index (χ0v) is 62.4. The summed E-state index contributed by atoms with van der Waals surface area (Å²) < 4.78 is 0. The van der Waals surface area contributed by atoms with Crippen molar-refractivity contribution in [1.82, 2.24) is 0 Å². The van der Waals surface area contributed by atoms with Gasteiger partial charge in [-0.1, -0.05) is 322 Å². The minimum atomic E-state index is 1.02. The lowest BCUT2D eigenvalue weighted by Gasteiger charge is -2.24. The largest absolute Gasteiger partial charge is 0.0622 e. The molecule has 20 aromatic carbocycles. The van der Waals surface area contributed by atoms with E-state index in [9.17, 15) is 0 Å². The summed E-state index contributed by atoms with van der Waals surface area (Å²) in [5.74, 6) is 0. The molecule has 0 bridgehead atoms. The Kier molecular flexibility index (Phi) is 14.0. The standard InChI is InChI=1S/3C28H18.C28H20/c1-4-9-21-17(6-1)14-19-16-27-23(25-11-5-10-24(21)28(19)25)13-12-22-20-8-3-2-7-18(20)15-26(22)27;1-3-8-22-18(7-1)13-21-14-20-15-26-19(12-17-6-2-4-9-23(17)26)16-27(20)25-11-5-10-24(22)28(21)25;1-3-7-22-17(5-1)9-12-25-24(22)11-10-19-14-21-15-26-20(16-27(21)28(19)25)13-18-6-2-4-8-23(18)26;1-18-22(19-7-3-2-4-8-19)15-16-26-27(18)17-21-12-13-24-23-10-6-5-9-20(23)11-14-25(24)28(21)26/h1-14H,15-16H2;1-11,13,15-16H,12,14H2;1-12,15-16H,13-14H2;2-16H,17H2,1H3. The molecule has 0 heterocycles. The van der Waals surface area contributed by atoms with E-state index in [2.05, 4.69) is 353 Å². The summed E-state index contributed by atoms with van der Waals surface area (Å²) in [6.45, 7) is 2.28. The molecule has 0 atom stereocenters. The third kappa shape index (κ3) is 9.68. The monoisotopic (exact) mass is 1420 g/mol. The van der Waals surface area contributed by atoms with Crippen molar-refractivity contribution in [3.63, 3.8) is 0 Å². The van der Waals surface area contributed by atoms with Gasteiger partial charge >= 0.3 is 0 Å². The maximum atomic E-state index is 2.48. The molecule has 112 heavy (non-hydrogen) atoms. The highest BCUT2D eigenvalue weighted by atomic mass is 14.4. The van der Waals surface area contributed by atoms with Crippen LogP contribution in [-0.4, -0.2) is 0 Å². The van der Waals surface area contributed by atoms with E-state index in [4.69, 9.17) is 0 Å². The molecule has 0 fully saturated rings. The van der Waals surface area contributed by atoms with E-state index in [1.807, 2.05) is 0 Å². The molecule has 0 aliphatic heterocycles. The van der Waals surface area contributed by atoms with Crippen LogP contribution in [0.15, 0.2) is 346 Å². The van der Waals surface area contributed by atoms with Gasteiger partial charge < -0.3 is 0 Å². The molecule has 0 unspecified atom stereocenters. The maximum Gasteiger partial charge on any atom is -0.000993 e. The van der Waals surface area contributed by atoms with Gasteiger partial charge in [0.2, 0.25) is 0 Å². The fourth-order valence-electron chi connectivity index (χ4n) is 21.3.